The molecule has 0 heterocycles. The summed E-state index contributed by atoms with van der Waals surface area (Å²) in [6.45, 7) is 14.7. The zero-order valence-corrected chi connectivity index (χ0v) is 12.2. The minimum atomic E-state index is -0.291. The van der Waals surface area contributed by atoms with Crippen molar-refractivity contribution >= 4 is 5.57 Å². The van der Waals surface area contributed by atoms with Crippen molar-refractivity contribution in [3.63, 3.8) is 0 Å². The molecule has 0 radical (unpaired) electrons. The van der Waals surface area contributed by atoms with Crippen molar-refractivity contribution in [2.45, 2.75) is 58.0 Å². The summed E-state index contributed by atoms with van der Waals surface area (Å²) in [5, 5.41) is 10.4. The Bertz CT molecular complexity index is 494. The highest BCUT2D eigenvalue weighted by molar-refractivity contribution is 5.64. The molecular formula is C17H24O. The Morgan fingerprint density at radius 3 is 2.39 bits per heavy atom. The molecule has 1 aromatic rings. The normalized spacial score (nSPS) is 24.4. The first kappa shape index (κ1) is 13.4. The third-order valence-corrected chi connectivity index (χ3v) is 4.47. The summed E-state index contributed by atoms with van der Waals surface area (Å²) >= 11 is 0. The van der Waals surface area contributed by atoms with Gasteiger partial charge in [0.1, 0.15) is 0 Å². The molecule has 1 heteroatoms. The summed E-state index contributed by atoms with van der Waals surface area (Å²) in [5.74, 6) is 0. The van der Waals surface area contributed by atoms with Crippen molar-refractivity contribution in [3.8, 4) is 0 Å². The quantitative estimate of drug-likeness (QED) is 0.790. The van der Waals surface area contributed by atoms with Gasteiger partial charge in [-0.2, -0.15) is 0 Å². The van der Waals surface area contributed by atoms with Crippen LogP contribution in [0.1, 0.15) is 57.7 Å². The number of benzene rings is 1. The molecule has 0 fully saturated rings. The Hall–Kier alpha value is -1.08. The van der Waals surface area contributed by atoms with Gasteiger partial charge in [0, 0.05) is 5.41 Å². The Balaban J connectivity index is 2.68. The van der Waals surface area contributed by atoms with Gasteiger partial charge in [0.2, 0.25) is 0 Å². The lowest BCUT2D eigenvalue weighted by atomic mass is 9.61. The van der Waals surface area contributed by atoms with Crippen LogP contribution in [0.4, 0.5) is 0 Å². The molecule has 0 saturated heterocycles. The van der Waals surface area contributed by atoms with Crippen molar-refractivity contribution in [2.24, 2.45) is 0 Å². The van der Waals surface area contributed by atoms with Crippen LogP contribution in [-0.2, 0) is 10.8 Å². The summed E-state index contributed by atoms with van der Waals surface area (Å²) in [6.07, 6.45) is 0.528. The van der Waals surface area contributed by atoms with E-state index >= 15 is 0 Å². The van der Waals surface area contributed by atoms with Gasteiger partial charge < -0.3 is 5.11 Å². The van der Waals surface area contributed by atoms with Crippen molar-refractivity contribution in [1.82, 2.24) is 0 Å². The van der Waals surface area contributed by atoms with Crippen molar-refractivity contribution in [3.05, 3.63) is 41.5 Å². The van der Waals surface area contributed by atoms with Crippen molar-refractivity contribution in [2.75, 3.05) is 0 Å². The molecule has 0 spiro atoms. The van der Waals surface area contributed by atoms with Gasteiger partial charge in [-0.3, -0.25) is 0 Å². The van der Waals surface area contributed by atoms with Crippen LogP contribution in [0.5, 0.6) is 0 Å². The maximum absolute atomic E-state index is 10.4. The van der Waals surface area contributed by atoms with Crippen LogP contribution in [0.25, 0.3) is 5.57 Å². The van der Waals surface area contributed by atoms with Crippen molar-refractivity contribution < 1.29 is 5.11 Å². The first-order chi connectivity index (χ1) is 8.16. The standard InChI is InChI=1S/C17H24O/c1-11(2)12-7-8-13-14(9-12)17(5,6)15(18)10-16(13,3)4/h7-9,15,18H,1,10H2,2-6H3. The summed E-state index contributed by atoms with van der Waals surface area (Å²) in [6, 6.07) is 6.57. The molecule has 1 aliphatic rings. The molecule has 1 aromatic carbocycles. The van der Waals surface area contributed by atoms with E-state index in [1.54, 1.807) is 0 Å². The zero-order valence-electron chi connectivity index (χ0n) is 12.2. The molecule has 1 aliphatic carbocycles. The van der Waals surface area contributed by atoms with E-state index in [0.29, 0.717) is 0 Å². The predicted molar refractivity (Wildman–Crippen MR) is 77.8 cm³/mol. The van der Waals surface area contributed by atoms with Gasteiger partial charge in [0.05, 0.1) is 6.10 Å². The van der Waals surface area contributed by atoms with Gasteiger partial charge in [0.15, 0.2) is 0 Å². The van der Waals surface area contributed by atoms with Crippen LogP contribution in [0.15, 0.2) is 24.8 Å². The van der Waals surface area contributed by atoms with E-state index in [0.717, 1.165) is 12.0 Å². The topological polar surface area (TPSA) is 20.2 Å². The summed E-state index contributed by atoms with van der Waals surface area (Å²) in [5.41, 5.74) is 4.74. The van der Waals surface area contributed by atoms with Crippen LogP contribution in [-0.4, -0.2) is 11.2 Å². The summed E-state index contributed by atoms with van der Waals surface area (Å²) < 4.78 is 0. The molecule has 0 aromatic heterocycles. The van der Waals surface area contributed by atoms with Gasteiger partial charge >= 0.3 is 0 Å². The monoisotopic (exact) mass is 244 g/mol. The fraction of sp³-hybridized carbons (Fsp3) is 0.529. The fourth-order valence-electron chi connectivity index (χ4n) is 2.96. The van der Waals surface area contributed by atoms with E-state index in [-0.39, 0.29) is 16.9 Å². The van der Waals surface area contributed by atoms with E-state index < -0.39 is 0 Å². The van der Waals surface area contributed by atoms with E-state index in [1.807, 2.05) is 6.92 Å². The molecule has 0 saturated carbocycles. The van der Waals surface area contributed by atoms with E-state index in [9.17, 15) is 5.11 Å². The SMILES string of the molecule is C=C(C)c1ccc2c(c1)C(C)(C)C(O)CC2(C)C. The minimum absolute atomic E-state index is 0.0396. The second-order valence-electron chi connectivity index (χ2n) is 6.87. The van der Waals surface area contributed by atoms with Crippen LogP contribution in [0.3, 0.4) is 0 Å². The third-order valence-electron chi connectivity index (χ3n) is 4.47. The molecule has 0 bridgehead atoms. The second kappa shape index (κ2) is 3.96. The lowest BCUT2D eigenvalue weighted by Crippen LogP contribution is -2.45. The molecule has 1 nitrogen and oxygen atoms in total. The minimum Gasteiger partial charge on any atom is -0.392 e. The van der Waals surface area contributed by atoms with E-state index in [4.69, 9.17) is 0 Å². The highest BCUT2D eigenvalue weighted by Gasteiger charge is 2.43. The number of hydrogen-bond donors (Lipinski definition) is 1. The smallest absolute Gasteiger partial charge is 0.0639 e. The molecule has 0 aliphatic heterocycles. The van der Waals surface area contributed by atoms with Crippen LogP contribution in [0.2, 0.25) is 0 Å². The van der Waals surface area contributed by atoms with Gasteiger partial charge in [-0.25, -0.2) is 0 Å². The largest absolute Gasteiger partial charge is 0.392 e. The maximum Gasteiger partial charge on any atom is 0.0639 e. The number of hydrogen-bond acceptors (Lipinski definition) is 1. The molecule has 1 atom stereocenters. The predicted octanol–water partition coefficient (Wildman–Crippen LogP) is 4.04. The number of aliphatic hydroxyl groups is 1. The second-order valence-corrected chi connectivity index (χ2v) is 6.87. The van der Waals surface area contributed by atoms with Gasteiger partial charge in [-0.05, 0) is 35.4 Å². The van der Waals surface area contributed by atoms with Gasteiger partial charge in [-0.1, -0.05) is 58.0 Å². The highest BCUT2D eigenvalue weighted by Crippen LogP contribution is 2.46. The van der Waals surface area contributed by atoms with Crippen LogP contribution >= 0.6 is 0 Å². The van der Waals surface area contributed by atoms with Crippen LogP contribution in [0, 0.1) is 0 Å². The Morgan fingerprint density at radius 1 is 1.22 bits per heavy atom. The van der Waals surface area contributed by atoms with E-state index in [2.05, 4.69) is 52.5 Å². The molecule has 1 unspecified atom stereocenters. The van der Waals surface area contributed by atoms with E-state index in [1.165, 1.54) is 16.7 Å². The average Bonchev–Trinajstić information content (AvgIpc) is 2.26. The lowest BCUT2D eigenvalue weighted by Gasteiger charge is -2.45. The third kappa shape index (κ3) is 1.91. The molecular weight excluding hydrogens is 220 g/mol. The first-order valence-electron chi connectivity index (χ1n) is 6.65. The number of fused-ring (bicyclic) bond motifs is 1. The average molecular weight is 244 g/mol. The van der Waals surface area contributed by atoms with Crippen molar-refractivity contribution in [1.29, 1.82) is 0 Å². The number of allylic oxidation sites excluding steroid dienone is 1. The molecule has 18 heavy (non-hydrogen) atoms. The Kier molecular flexibility index (Phi) is 2.94. The van der Waals surface area contributed by atoms with Gasteiger partial charge in [-0.15, -0.1) is 0 Å². The Labute approximate surface area is 111 Å². The zero-order chi connectivity index (χ0) is 13.7. The van der Waals surface area contributed by atoms with Crippen LogP contribution < -0.4 is 0 Å². The molecule has 98 valence electrons. The first-order valence-corrected chi connectivity index (χ1v) is 6.65. The lowest BCUT2D eigenvalue weighted by molar-refractivity contribution is 0.0583. The summed E-state index contributed by atoms with van der Waals surface area (Å²) in [4.78, 5) is 0. The summed E-state index contributed by atoms with van der Waals surface area (Å²) in [7, 11) is 0. The Morgan fingerprint density at radius 2 is 1.83 bits per heavy atom. The molecule has 2 rings (SSSR count). The maximum atomic E-state index is 10.4. The number of aliphatic hydroxyl groups excluding tert-OH is 1. The number of rotatable bonds is 1. The van der Waals surface area contributed by atoms with Gasteiger partial charge in [0.25, 0.3) is 0 Å². The highest BCUT2D eigenvalue weighted by atomic mass is 16.3. The fourth-order valence-corrected chi connectivity index (χ4v) is 2.96. The molecule has 1 N–H and O–H groups in total. The molecule has 0 amide bonds.